The summed E-state index contributed by atoms with van der Waals surface area (Å²) in [5, 5.41) is 3.22. The highest BCUT2D eigenvalue weighted by Crippen LogP contribution is 2.19. The maximum Gasteiger partial charge on any atom is 0.150 e. The molecule has 106 valence electrons. The van der Waals surface area contributed by atoms with E-state index in [4.69, 9.17) is 0 Å². The summed E-state index contributed by atoms with van der Waals surface area (Å²) in [4.78, 5) is 8.72. The first-order valence-corrected chi connectivity index (χ1v) is 9.07. The summed E-state index contributed by atoms with van der Waals surface area (Å²) in [5.74, 6) is 2.35. The van der Waals surface area contributed by atoms with Gasteiger partial charge in [0.1, 0.15) is 16.2 Å². The van der Waals surface area contributed by atoms with Crippen LogP contribution in [0.15, 0.2) is 10.7 Å². The van der Waals surface area contributed by atoms with Gasteiger partial charge in [0.15, 0.2) is 9.84 Å². The first-order valence-electron chi connectivity index (χ1n) is 6.46. The normalized spacial score (nSPS) is 21.5. The quantitative estimate of drug-likeness (QED) is 0.825. The second-order valence-corrected chi connectivity index (χ2v) is 7.93. The van der Waals surface area contributed by atoms with Gasteiger partial charge in [-0.3, -0.25) is 0 Å². The van der Waals surface area contributed by atoms with Crippen LogP contribution in [0.3, 0.4) is 0 Å². The topological polar surface area (TPSA) is 72.0 Å². The van der Waals surface area contributed by atoms with Crippen molar-refractivity contribution in [3.8, 4) is 0 Å². The van der Waals surface area contributed by atoms with E-state index in [9.17, 15) is 8.42 Å². The van der Waals surface area contributed by atoms with Crippen molar-refractivity contribution in [1.29, 1.82) is 0 Å². The molecule has 1 atom stereocenters. The second kappa shape index (κ2) is 6.17. The molecule has 0 radical (unpaired) electrons. The number of anilines is 1. The number of nitrogens with one attached hydrogen (secondary N) is 1. The molecule has 1 aliphatic heterocycles. The molecule has 19 heavy (non-hydrogen) atoms. The van der Waals surface area contributed by atoms with Crippen molar-refractivity contribution in [2.45, 2.75) is 26.2 Å². The number of aromatic nitrogens is 2. The molecule has 1 N–H and O–H groups in total. The van der Waals surface area contributed by atoms with Crippen molar-refractivity contribution in [2.75, 3.05) is 23.4 Å². The van der Waals surface area contributed by atoms with Gasteiger partial charge < -0.3 is 5.32 Å². The van der Waals surface area contributed by atoms with E-state index in [1.807, 2.05) is 6.07 Å². The Morgan fingerprint density at radius 2 is 2.26 bits per heavy atom. The smallest absolute Gasteiger partial charge is 0.150 e. The molecule has 1 aliphatic rings. The van der Waals surface area contributed by atoms with Gasteiger partial charge in [0.2, 0.25) is 0 Å². The molecule has 1 fully saturated rings. The molecule has 0 aromatic carbocycles. The molecular formula is C12H18BrN3O2S. The number of sulfone groups is 1. The summed E-state index contributed by atoms with van der Waals surface area (Å²) >= 11 is 3.37. The third-order valence-corrected chi connectivity index (χ3v) is 5.36. The molecule has 1 saturated heterocycles. The SMILES string of the molecule is CCCc1nc(Br)cc(NCC2CCS(=O)(=O)C2)n1. The Labute approximate surface area is 122 Å². The highest BCUT2D eigenvalue weighted by molar-refractivity contribution is 9.10. The molecule has 0 saturated carbocycles. The van der Waals surface area contributed by atoms with E-state index in [0.29, 0.717) is 12.3 Å². The molecular weight excluding hydrogens is 330 g/mol. The van der Waals surface area contributed by atoms with Crippen LogP contribution < -0.4 is 5.32 Å². The summed E-state index contributed by atoms with van der Waals surface area (Å²) in [6, 6.07) is 1.82. The van der Waals surface area contributed by atoms with E-state index in [0.717, 1.165) is 35.5 Å². The predicted molar refractivity (Wildman–Crippen MR) is 79.0 cm³/mol. The standard InChI is InChI=1S/C12H18BrN3O2S/c1-2-3-11-15-10(13)6-12(16-11)14-7-9-4-5-19(17,18)8-9/h6,9H,2-5,7-8H2,1H3,(H,14,15,16). The molecule has 1 aromatic heterocycles. The Morgan fingerprint density at radius 3 is 2.89 bits per heavy atom. The Hall–Kier alpha value is -0.690. The largest absolute Gasteiger partial charge is 0.370 e. The predicted octanol–water partition coefficient (Wildman–Crippen LogP) is 2.04. The van der Waals surface area contributed by atoms with Crippen molar-refractivity contribution in [2.24, 2.45) is 5.92 Å². The first kappa shape index (κ1) is 14.7. The van der Waals surface area contributed by atoms with Crippen molar-refractivity contribution in [1.82, 2.24) is 9.97 Å². The van der Waals surface area contributed by atoms with Gasteiger partial charge in [-0.1, -0.05) is 6.92 Å². The summed E-state index contributed by atoms with van der Waals surface area (Å²) in [6.45, 7) is 2.73. The van der Waals surface area contributed by atoms with E-state index in [1.54, 1.807) is 0 Å². The maximum atomic E-state index is 11.4. The number of halogens is 1. The lowest BCUT2D eigenvalue weighted by Crippen LogP contribution is -2.16. The summed E-state index contributed by atoms with van der Waals surface area (Å²) in [6.07, 6.45) is 2.58. The van der Waals surface area contributed by atoms with E-state index in [2.05, 4.69) is 38.1 Å². The van der Waals surface area contributed by atoms with Crippen LogP contribution in [0.4, 0.5) is 5.82 Å². The maximum absolute atomic E-state index is 11.4. The summed E-state index contributed by atoms with van der Waals surface area (Å²) in [7, 11) is -2.81. The van der Waals surface area contributed by atoms with Gasteiger partial charge in [0, 0.05) is 19.0 Å². The molecule has 0 spiro atoms. The minimum Gasteiger partial charge on any atom is -0.370 e. The molecule has 1 unspecified atom stereocenters. The molecule has 0 aliphatic carbocycles. The Balaban J connectivity index is 1.96. The molecule has 0 amide bonds. The monoisotopic (exact) mass is 347 g/mol. The third-order valence-electron chi connectivity index (χ3n) is 3.11. The van der Waals surface area contributed by atoms with Gasteiger partial charge in [-0.05, 0) is 34.7 Å². The lowest BCUT2D eigenvalue weighted by Gasteiger charge is -2.11. The summed E-state index contributed by atoms with van der Waals surface area (Å²) in [5.41, 5.74) is 0. The van der Waals surface area contributed by atoms with Crippen LogP contribution in [-0.4, -0.2) is 36.4 Å². The second-order valence-electron chi connectivity index (χ2n) is 4.89. The lowest BCUT2D eigenvalue weighted by molar-refractivity contribution is 0.595. The van der Waals surface area contributed by atoms with Crippen molar-refractivity contribution < 1.29 is 8.42 Å². The Bertz CT molecular complexity index is 548. The van der Waals surface area contributed by atoms with Crippen LogP contribution in [0.2, 0.25) is 0 Å². The minimum atomic E-state index is -2.81. The minimum absolute atomic E-state index is 0.188. The average Bonchev–Trinajstić information content (AvgIpc) is 2.66. The zero-order chi connectivity index (χ0) is 13.9. The lowest BCUT2D eigenvalue weighted by atomic mass is 10.1. The average molecular weight is 348 g/mol. The van der Waals surface area contributed by atoms with Crippen molar-refractivity contribution in [3.05, 3.63) is 16.5 Å². The fraction of sp³-hybridized carbons (Fsp3) is 0.667. The molecule has 2 heterocycles. The molecule has 2 rings (SSSR count). The zero-order valence-electron chi connectivity index (χ0n) is 10.9. The number of hydrogen-bond acceptors (Lipinski definition) is 5. The van der Waals surface area contributed by atoms with Crippen LogP contribution in [0.25, 0.3) is 0 Å². The number of nitrogens with zero attached hydrogens (tertiary/aromatic N) is 2. The van der Waals surface area contributed by atoms with Gasteiger partial charge in [0.25, 0.3) is 0 Å². The molecule has 7 heteroatoms. The van der Waals surface area contributed by atoms with Crippen molar-refractivity contribution >= 4 is 31.6 Å². The molecule has 1 aromatic rings. The van der Waals surface area contributed by atoms with E-state index < -0.39 is 9.84 Å². The molecule has 0 bridgehead atoms. The van der Waals surface area contributed by atoms with Gasteiger partial charge >= 0.3 is 0 Å². The van der Waals surface area contributed by atoms with Crippen LogP contribution in [-0.2, 0) is 16.3 Å². The highest BCUT2D eigenvalue weighted by Gasteiger charge is 2.27. The number of hydrogen-bond donors (Lipinski definition) is 1. The Morgan fingerprint density at radius 1 is 1.47 bits per heavy atom. The fourth-order valence-corrected chi connectivity index (χ4v) is 4.46. The molecule has 5 nitrogen and oxygen atoms in total. The van der Waals surface area contributed by atoms with Crippen LogP contribution >= 0.6 is 15.9 Å². The van der Waals surface area contributed by atoms with Gasteiger partial charge in [0.05, 0.1) is 11.5 Å². The number of rotatable bonds is 5. The Kier molecular flexibility index (Phi) is 4.78. The van der Waals surface area contributed by atoms with E-state index in [-0.39, 0.29) is 11.7 Å². The van der Waals surface area contributed by atoms with Crippen LogP contribution in [0, 0.1) is 5.92 Å². The summed E-state index contributed by atoms with van der Waals surface area (Å²) < 4.78 is 23.5. The van der Waals surface area contributed by atoms with Gasteiger partial charge in [-0.2, -0.15) is 0 Å². The van der Waals surface area contributed by atoms with E-state index >= 15 is 0 Å². The zero-order valence-corrected chi connectivity index (χ0v) is 13.3. The first-order chi connectivity index (χ1) is 8.98. The fourth-order valence-electron chi connectivity index (χ4n) is 2.17. The van der Waals surface area contributed by atoms with Crippen molar-refractivity contribution in [3.63, 3.8) is 0 Å². The highest BCUT2D eigenvalue weighted by atomic mass is 79.9. The van der Waals surface area contributed by atoms with Gasteiger partial charge in [-0.25, -0.2) is 18.4 Å². The number of aryl methyl sites for hydroxylation is 1. The third kappa shape index (κ3) is 4.42. The van der Waals surface area contributed by atoms with Crippen LogP contribution in [0.5, 0.6) is 0 Å². The van der Waals surface area contributed by atoms with E-state index in [1.165, 1.54) is 0 Å². The van der Waals surface area contributed by atoms with Crippen LogP contribution in [0.1, 0.15) is 25.6 Å². The van der Waals surface area contributed by atoms with Gasteiger partial charge in [-0.15, -0.1) is 0 Å².